The Morgan fingerprint density at radius 2 is 1.89 bits per heavy atom. The summed E-state index contributed by atoms with van der Waals surface area (Å²) in [6.07, 6.45) is 10.3. The fraction of sp³-hybridized carbons (Fsp3) is 0.400. The molecule has 0 aliphatic heterocycles. The molecular weight excluding hydrogens is 228 g/mol. The molecule has 0 bridgehead atoms. The number of carbonyl (C=O) groups is 1. The van der Waals surface area contributed by atoms with Crippen LogP contribution in [0.2, 0.25) is 0 Å². The molecular formula is C15H22O3. The van der Waals surface area contributed by atoms with Gasteiger partial charge < -0.3 is 10.2 Å². The zero-order valence-corrected chi connectivity index (χ0v) is 11.3. The Kier molecular flexibility index (Phi) is 8.58. The fourth-order valence-electron chi connectivity index (χ4n) is 1.34. The molecule has 0 aromatic carbocycles. The van der Waals surface area contributed by atoms with E-state index in [9.17, 15) is 9.90 Å². The standard InChI is InChI=1S/C15H22O3/c1-12(2)6-4-8-14(11-16)9-5-7-13(3)10-15(17)18/h5-7,9-10,16H,4,8,11H2,1-3H3,(H,17,18). The summed E-state index contributed by atoms with van der Waals surface area (Å²) in [6, 6.07) is 0. The summed E-state index contributed by atoms with van der Waals surface area (Å²) >= 11 is 0. The molecule has 100 valence electrons. The summed E-state index contributed by atoms with van der Waals surface area (Å²) in [4.78, 5) is 10.4. The van der Waals surface area contributed by atoms with Crippen LogP contribution in [0.3, 0.4) is 0 Å². The van der Waals surface area contributed by atoms with Crippen LogP contribution in [0.1, 0.15) is 33.6 Å². The van der Waals surface area contributed by atoms with Crippen molar-refractivity contribution in [1.82, 2.24) is 0 Å². The average Bonchev–Trinajstić information content (AvgIpc) is 2.25. The van der Waals surface area contributed by atoms with E-state index < -0.39 is 5.97 Å². The first-order chi connectivity index (χ1) is 8.45. The third kappa shape index (κ3) is 9.60. The van der Waals surface area contributed by atoms with Gasteiger partial charge in [0.2, 0.25) is 0 Å². The van der Waals surface area contributed by atoms with E-state index in [4.69, 9.17) is 5.11 Å². The zero-order chi connectivity index (χ0) is 14.0. The number of hydrogen-bond donors (Lipinski definition) is 2. The van der Waals surface area contributed by atoms with Crippen LogP contribution < -0.4 is 0 Å². The monoisotopic (exact) mass is 250 g/mol. The molecule has 0 heterocycles. The third-order valence-corrected chi connectivity index (χ3v) is 2.26. The van der Waals surface area contributed by atoms with E-state index in [1.165, 1.54) is 5.57 Å². The zero-order valence-electron chi connectivity index (χ0n) is 11.3. The van der Waals surface area contributed by atoms with Crippen molar-refractivity contribution in [2.75, 3.05) is 6.61 Å². The van der Waals surface area contributed by atoms with Crippen molar-refractivity contribution in [3.63, 3.8) is 0 Å². The van der Waals surface area contributed by atoms with Crippen LogP contribution in [0, 0.1) is 0 Å². The molecule has 2 N–H and O–H groups in total. The SMILES string of the molecule is CC(C)=CCCC(=CC=CC(C)=CC(=O)O)CO. The van der Waals surface area contributed by atoms with Crippen molar-refractivity contribution < 1.29 is 15.0 Å². The first-order valence-electron chi connectivity index (χ1n) is 5.97. The van der Waals surface area contributed by atoms with E-state index in [2.05, 4.69) is 6.08 Å². The first-order valence-corrected chi connectivity index (χ1v) is 5.97. The van der Waals surface area contributed by atoms with E-state index in [-0.39, 0.29) is 6.61 Å². The maximum Gasteiger partial charge on any atom is 0.328 e. The molecule has 3 nitrogen and oxygen atoms in total. The number of carboxylic acid groups (broad SMARTS) is 1. The number of aliphatic hydroxyl groups is 1. The van der Waals surface area contributed by atoms with Gasteiger partial charge in [-0.05, 0) is 44.8 Å². The molecule has 0 aromatic rings. The smallest absolute Gasteiger partial charge is 0.328 e. The van der Waals surface area contributed by atoms with Crippen LogP contribution in [-0.2, 0) is 4.79 Å². The quantitative estimate of drug-likeness (QED) is 0.414. The Labute approximate surface area is 109 Å². The molecule has 0 saturated carbocycles. The van der Waals surface area contributed by atoms with Crippen molar-refractivity contribution >= 4 is 5.97 Å². The highest BCUT2D eigenvalue weighted by atomic mass is 16.4. The van der Waals surface area contributed by atoms with Crippen LogP contribution >= 0.6 is 0 Å². The lowest BCUT2D eigenvalue weighted by Gasteiger charge is -2.00. The molecule has 0 radical (unpaired) electrons. The average molecular weight is 250 g/mol. The van der Waals surface area contributed by atoms with E-state index in [0.717, 1.165) is 24.5 Å². The van der Waals surface area contributed by atoms with E-state index in [0.29, 0.717) is 5.57 Å². The van der Waals surface area contributed by atoms with Crippen molar-refractivity contribution in [2.45, 2.75) is 33.6 Å². The lowest BCUT2D eigenvalue weighted by Crippen LogP contribution is -1.90. The summed E-state index contributed by atoms with van der Waals surface area (Å²) in [5, 5.41) is 17.7. The minimum Gasteiger partial charge on any atom is -0.478 e. The summed E-state index contributed by atoms with van der Waals surface area (Å²) in [5.41, 5.74) is 2.87. The largest absolute Gasteiger partial charge is 0.478 e. The summed E-state index contributed by atoms with van der Waals surface area (Å²) in [5.74, 6) is -0.952. The minimum atomic E-state index is -0.952. The van der Waals surface area contributed by atoms with Gasteiger partial charge in [-0.25, -0.2) is 4.79 Å². The maximum atomic E-state index is 10.4. The highest BCUT2D eigenvalue weighted by molar-refractivity contribution is 5.81. The number of hydrogen-bond acceptors (Lipinski definition) is 2. The molecule has 0 fully saturated rings. The summed E-state index contributed by atoms with van der Waals surface area (Å²) in [6.45, 7) is 5.84. The topological polar surface area (TPSA) is 57.5 Å². The third-order valence-electron chi connectivity index (χ3n) is 2.26. The second kappa shape index (κ2) is 9.42. The van der Waals surface area contributed by atoms with Gasteiger partial charge in [-0.3, -0.25) is 0 Å². The van der Waals surface area contributed by atoms with E-state index in [1.807, 2.05) is 19.9 Å². The van der Waals surface area contributed by atoms with Crippen LogP contribution in [0.25, 0.3) is 0 Å². The van der Waals surface area contributed by atoms with Crippen molar-refractivity contribution in [2.24, 2.45) is 0 Å². The van der Waals surface area contributed by atoms with Crippen molar-refractivity contribution in [1.29, 1.82) is 0 Å². The first kappa shape index (κ1) is 16.4. The highest BCUT2D eigenvalue weighted by Crippen LogP contribution is 2.07. The van der Waals surface area contributed by atoms with Crippen LogP contribution in [-0.4, -0.2) is 22.8 Å². The molecule has 0 amide bonds. The number of aliphatic carboxylic acids is 1. The molecule has 18 heavy (non-hydrogen) atoms. The molecule has 0 saturated heterocycles. The van der Waals surface area contributed by atoms with Gasteiger partial charge in [0.25, 0.3) is 0 Å². The molecule has 3 heteroatoms. The lowest BCUT2D eigenvalue weighted by atomic mass is 10.1. The molecule has 0 spiro atoms. The highest BCUT2D eigenvalue weighted by Gasteiger charge is 1.93. The second-order valence-corrected chi connectivity index (χ2v) is 4.39. The molecule has 0 aliphatic carbocycles. The van der Waals surface area contributed by atoms with E-state index >= 15 is 0 Å². The Morgan fingerprint density at radius 1 is 1.22 bits per heavy atom. The Bertz CT molecular complexity index is 381. The van der Waals surface area contributed by atoms with Gasteiger partial charge >= 0.3 is 5.97 Å². The molecule has 0 atom stereocenters. The number of allylic oxidation sites excluding steroid dienone is 6. The van der Waals surface area contributed by atoms with Crippen molar-refractivity contribution in [3.8, 4) is 0 Å². The van der Waals surface area contributed by atoms with Crippen LogP contribution in [0.4, 0.5) is 0 Å². The van der Waals surface area contributed by atoms with Gasteiger partial charge in [0.1, 0.15) is 0 Å². The van der Waals surface area contributed by atoms with E-state index in [1.54, 1.807) is 19.1 Å². The molecule has 0 rings (SSSR count). The van der Waals surface area contributed by atoms with Gasteiger partial charge in [0, 0.05) is 6.08 Å². The van der Waals surface area contributed by atoms with Gasteiger partial charge in [-0.15, -0.1) is 0 Å². The second-order valence-electron chi connectivity index (χ2n) is 4.39. The predicted molar refractivity (Wildman–Crippen MR) is 74.4 cm³/mol. The van der Waals surface area contributed by atoms with Crippen LogP contribution in [0.15, 0.2) is 47.1 Å². The lowest BCUT2D eigenvalue weighted by molar-refractivity contribution is -0.131. The molecule has 0 aliphatic rings. The predicted octanol–water partition coefficient (Wildman–Crippen LogP) is 3.24. The minimum absolute atomic E-state index is 0.0304. The van der Waals surface area contributed by atoms with Crippen LogP contribution in [0.5, 0.6) is 0 Å². The fourth-order valence-corrected chi connectivity index (χ4v) is 1.34. The van der Waals surface area contributed by atoms with Gasteiger partial charge in [0.05, 0.1) is 6.61 Å². The number of rotatable bonds is 7. The Balaban J connectivity index is 4.40. The Hall–Kier alpha value is -1.61. The molecule has 0 aromatic heterocycles. The van der Waals surface area contributed by atoms with Gasteiger partial charge in [-0.2, -0.15) is 0 Å². The molecule has 0 unspecified atom stereocenters. The summed E-state index contributed by atoms with van der Waals surface area (Å²) < 4.78 is 0. The normalized spacial score (nSPS) is 12.9. The number of aliphatic hydroxyl groups excluding tert-OH is 1. The number of carboxylic acids is 1. The maximum absolute atomic E-state index is 10.4. The van der Waals surface area contributed by atoms with Gasteiger partial charge in [-0.1, -0.05) is 29.9 Å². The van der Waals surface area contributed by atoms with Gasteiger partial charge in [0.15, 0.2) is 0 Å². The summed E-state index contributed by atoms with van der Waals surface area (Å²) in [7, 11) is 0. The van der Waals surface area contributed by atoms with Crippen molar-refractivity contribution in [3.05, 3.63) is 47.1 Å². The Morgan fingerprint density at radius 3 is 2.39 bits per heavy atom.